The topological polar surface area (TPSA) is 108 Å². The van der Waals surface area contributed by atoms with Crippen molar-refractivity contribution in [2.24, 2.45) is 5.73 Å². The molecule has 1 aromatic rings. The molecule has 0 unspecified atom stereocenters. The van der Waals surface area contributed by atoms with Crippen LogP contribution in [0, 0.1) is 5.82 Å². The van der Waals surface area contributed by atoms with Gasteiger partial charge in [0.15, 0.2) is 11.6 Å². The molecule has 0 aliphatic carbocycles. The molecular formula is C9H11FN2O5S. The van der Waals surface area contributed by atoms with Crippen molar-refractivity contribution in [1.29, 1.82) is 0 Å². The van der Waals surface area contributed by atoms with Crippen molar-refractivity contribution in [3.8, 4) is 5.75 Å². The second kappa shape index (κ2) is 5.76. The zero-order valence-corrected chi connectivity index (χ0v) is 10.2. The van der Waals surface area contributed by atoms with E-state index in [0.717, 1.165) is 18.2 Å². The van der Waals surface area contributed by atoms with Crippen LogP contribution >= 0.6 is 0 Å². The Hall–Kier alpha value is -1.71. The number of carbonyl (C=O) groups is 1. The van der Waals surface area contributed by atoms with Crippen LogP contribution in [-0.2, 0) is 19.7 Å². The maximum Gasteiger partial charge on any atom is 0.262 e. The second-order valence-electron chi connectivity index (χ2n) is 3.14. The average molecular weight is 278 g/mol. The Bertz CT molecular complexity index is 546. The van der Waals surface area contributed by atoms with Crippen LogP contribution in [-0.4, -0.2) is 28.0 Å². The number of carbonyl (C=O) groups excluding carboxylic acids is 1. The lowest BCUT2D eigenvalue weighted by molar-refractivity contribution is -0.123. The highest BCUT2D eigenvalue weighted by atomic mass is 32.2. The van der Waals surface area contributed by atoms with Gasteiger partial charge in [0.1, 0.15) is 6.61 Å². The highest BCUT2D eigenvalue weighted by Gasteiger charge is 2.17. The maximum atomic E-state index is 13.3. The Kier molecular flexibility index (Phi) is 4.59. The Morgan fingerprint density at radius 1 is 1.50 bits per heavy atom. The normalized spacial score (nSPS) is 11.2. The summed E-state index contributed by atoms with van der Waals surface area (Å²) in [6, 6.07) is 3.03. The predicted octanol–water partition coefficient (Wildman–Crippen LogP) is -0.471. The average Bonchev–Trinajstić information content (AvgIpc) is 2.28. The van der Waals surface area contributed by atoms with Gasteiger partial charge in [0.2, 0.25) is 5.91 Å². The summed E-state index contributed by atoms with van der Waals surface area (Å²) in [4.78, 5) is 16.0. The third-order valence-corrected chi connectivity index (χ3v) is 3.03. The standard InChI is InChI=1S/C9H11FN2O5S/c1-16-8-3-2-6(4-7(8)10)18(14,15)12-17-5-9(11)13/h2-4,12H,5H2,1H3,(H2,11,13). The highest BCUT2D eigenvalue weighted by Crippen LogP contribution is 2.20. The van der Waals surface area contributed by atoms with Crippen molar-refractivity contribution in [3.63, 3.8) is 0 Å². The molecule has 3 N–H and O–H groups in total. The van der Waals surface area contributed by atoms with Gasteiger partial charge in [-0.2, -0.15) is 0 Å². The molecule has 9 heteroatoms. The molecule has 7 nitrogen and oxygen atoms in total. The quantitative estimate of drug-likeness (QED) is 0.684. The molecule has 0 saturated carbocycles. The van der Waals surface area contributed by atoms with Gasteiger partial charge in [-0.05, 0) is 18.2 Å². The number of ether oxygens (including phenoxy) is 1. The third kappa shape index (κ3) is 3.65. The molecule has 0 atom stereocenters. The zero-order valence-electron chi connectivity index (χ0n) is 9.34. The smallest absolute Gasteiger partial charge is 0.262 e. The van der Waals surface area contributed by atoms with Crippen molar-refractivity contribution in [2.75, 3.05) is 13.7 Å². The summed E-state index contributed by atoms with van der Waals surface area (Å²) in [5, 5.41) is 0. The largest absolute Gasteiger partial charge is 0.494 e. The van der Waals surface area contributed by atoms with Gasteiger partial charge in [0.05, 0.1) is 12.0 Å². The summed E-state index contributed by atoms with van der Waals surface area (Å²) in [6.45, 7) is -0.627. The number of hydrogen-bond acceptors (Lipinski definition) is 5. The molecule has 0 saturated heterocycles. The summed E-state index contributed by atoms with van der Waals surface area (Å²) in [6.07, 6.45) is 0. The molecular weight excluding hydrogens is 267 g/mol. The van der Waals surface area contributed by atoms with Gasteiger partial charge in [-0.1, -0.05) is 4.89 Å². The van der Waals surface area contributed by atoms with Crippen LogP contribution in [0.2, 0.25) is 0 Å². The van der Waals surface area contributed by atoms with Gasteiger partial charge < -0.3 is 10.5 Å². The van der Waals surface area contributed by atoms with Crippen molar-refractivity contribution >= 4 is 15.9 Å². The van der Waals surface area contributed by atoms with E-state index in [9.17, 15) is 17.6 Å². The van der Waals surface area contributed by atoms with Crippen LogP contribution in [0.5, 0.6) is 5.75 Å². The molecule has 1 aromatic carbocycles. The molecule has 0 fully saturated rings. The van der Waals surface area contributed by atoms with Crippen molar-refractivity contribution in [2.45, 2.75) is 4.90 Å². The summed E-state index contributed by atoms with van der Waals surface area (Å²) in [5.41, 5.74) is 4.75. The SMILES string of the molecule is COc1ccc(S(=O)(=O)NOCC(N)=O)cc1F. The molecule has 0 aromatic heterocycles. The fourth-order valence-corrected chi connectivity index (χ4v) is 1.86. The molecule has 0 aliphatic rings. The van der Waals surface area contributed by atoms with E-state index < -0.39 is 28.4 Å². The van der Waals surface area contributed by atoms with Crippen LogP contribution in [0.25, 0.3) is 0 Å². The monoisotopic (exact) mass is 278 g/mol. The summed E-state index contributed by atoms with van der Waals surface area (Å²) in [7, 11) is -2.83. The number of rotatable bonds is 6. The lowest BCUT2D eigenvalue weighted by Crippen LogP contribution is -2.29. The Morgan fingerprint density at radius 3 is 2.67 bits per heavy atom. The lowest BCUT2D eigenvalue weighted by Gasteiger charge is -2.07. The van der Waals surface area contributed by atoms with Crippen molar-refractivity contribution < 1.29 is 27.2 Å². The second-order valence-corrected chi connectivity index (χ2v) is 4.78. The van der Waals surface area contributed by atoms with Crippen molar-refractivity contribution in [1.82, 2.24) is 4.89 Å². The van der Waals surface area contributed by atoms with Gasteiger partial charge in [-0.3, -0.25) is 9.63 Å². The molecule has 0 heterocycles. The maximum absolute atomic E-state index is 13.3. The summed E-state index contributed by atoms with van der Waals surface area (Å²) >= 11 is 0. The number of primary amides is 1. The number of halogens is 1. The fraction of sp³-hybridized carbons (Fsp3) is 0.222. The number of nitrogens with one attached hydrogen (secondary N) is 1. The van der Waals surface area contributed by atoms with E-state index in [4.69, 9.17) is 5.73 Å². The first-order chi connectivity index (χ1) is 8.36. The van der Waals surface area contributed by atoms with Crippen LogP contribution in [0.1, 0.15) is 0 Å². The number of sulfonamides is 1. The van der Waals surface area contributed by atoms with Gasteiger partial charge in [0.25, 0.3) is 10.0 Å². The zero-order chi connectivity index (χ0) is 13.8. The molecule has 1 rings (SSSR count). The first-order valence-electron chi connectivity index (χ1n) is 4.62. The van der Waals surface area contributed by atoms with Gasteiger partial charge >= 0.3 is 0 Å². The van der Waals surface area contributed by atoms with Crippen molar-refractivity contribution in [3.05, 3.63) is 24.0 Å². The summed E-state index contributed by atoms with van der Waals surface area (Å²) in [5.74, 6) is -1.78. The molecule has 0 bridgehead atoms. The van der Waals surface area contributed by atoms with E-state index in [-0.39, 0.29) is 10.6 Å². The Labute approximate surface area is 103 Å². The van der Waals surface area contributed by atoms with Crippen LogP contribution < -0.4 is 15.4 Å². The number of methoxy groups -OCH3 is 1. The lowest BCUT2D eigenvalue weighted by atomic mass is 10.3. The minimum atomic E-state index is -4.08. The van der Waals surface area contributed by atoms with Gasteiger partial charge in [0, 0.05) is 0 Å². The fourth-order valence-electron chi connectivity index (χ4n) is 1.04. The van der Waals surface area contributed by atoms with Crippen LogP contribution in [0.3, 0.4) is 0 Å². The molecule has 0 spiro atoms. The molecule has 18 heavy (non-hydrogen) atoms. The van der Waals surface area contributed by atoms with E-state index in [1.54, 1.807) is 4.89 Å². The van der Waals surface area contributed by atoms with Gasteiger partial charge in [-0.15, -0.1) is 0 Å². The minimum absolute atomic E-state index is 0.0907. The van der Waals surface area contributed by atoms with E-state index in [0.29, 0.717) is 0 Å². The first kappa shape index (κ1) is 14.4. The number of hydrogen-bond donors (Lipinski definition) is 2. The third-order valence-electron chi connectivity index (χ3n) is 1.82. The minimum Gasteiger partial charge on any atom is -0.494 e. The highest BCUT2D eigenvalue weighted by molar-refractivity contribution is 7.89. The molecule has 100 valence electrons. The van der Waals surface area contributed by atoms with E-state index in [2.05, 4.69) is 9.57 Å². The number of benzene rings is 1. The number of amides is 1. The Morgan fingerprint density at radius 2 is 2.17 bits per heavy atom. The van der Waals surface area contributed by atoms with E-state index >= 15 is 0 Å². The summed E-state index contributed by atoms with van der Waals surface area (Å²) < 4.78 is 41.1. The predicted molar refractivity (Wildman–Crippen MR) is 58.4 cm³/mol. The number of nitrogens with two attached hydrogens (primary N) is 1. The Balaban J connectivity index is 2.85. The van der Waals surface area contributed by atoms with E-state index in [1.807, 2.05) is 0 Å². The van der Waals surface area contributed by atoms with Crippen LogP contribution in [0.15, 0.2) is 23.1 Å². The van der Waals surface area contributed by atoms with E-state index in [1.165, 1.54) is 7.11 Å². The van der Waals surface area contributed by atoms with Gasteiger partial charge in [-0.25, -0.2) is 12.8 Å². The molecule has 0 aliphatic heterocycles. The molecule has 1 amide bonds. The molecule has 0 radical (unpaired) electrons. The van der Waals surface area contributed by atoms with Crippen LogP contribution in [0.4, 0.5) is 4.39 Å². The first-order valence-corrected chi connectivity index (χ1v) is 6.10.